The van der Waals surface area contributed by atoms with Gasteiger partial charge in [-0.1, -0.05) is 36.9 Å². The van der Waals surface area contributed by atoms with Gasteiger partial charge < -0.3 is 10.3 Å². The molecule has 1 aliphatic carbocycles. The summed E-state index contributed by atoms with van der Waals surface area (Å²) in [5, 5.41) is 4.08. The first-order chi connectivity index (χ1) is 8.31. The van der Waals surface area contributed by atoms with E-state index in [1.807, 2.05) is 0 Å². The molecule has 0 bridgehead atoms. The van der Waals surface area contributed by atoms with E-state index in [0.29, 0.717) is 18.2 Å². The Morgan fingerprint density at radius 3 is 2.71 bits per heavy atom. The van der Waals surface area contributed by atoms with Crippen LogP contribution in [0.15, 0.2) is 17.2 Å². The predicted octanol–water partition coefficient (Wildman–Crippen LogP) is 3.08. The van der Waals surface area contributed by atoms with E-state index in [1.54, 1.807) is 6.08 Å². The van der Waals surface area contributed by atoms with Crippen LogP contribution in [-0.2, 0) is 0 Å². The lowest BCUT2D eigenvalue weighted by atomic mass is 10.00. The van der Waals surface area contributed by atoms with Gasteiger partial charge in [0.2, 0.25) is 5.89 Å². The standard InChI is InChI=1S/C13H21N3O/c1-2-7-11(14)13-15-12(16-17-13)10-8-5-3-4-6-9-10/h2,10-11H,1,3-9,14H2. The van der Waals surface area contributed by atoms with Crippen molar-refractivity contribution < 1.29 is 4.52 Å². The Morgan fingerprint density at radius 1 is 1.35 bits per heavy atom. The van der Waals surface area contributed by atoms with Crippen LogP contribution < -0.4 is 5.73 Å². The quantitative estimate of drug-likeness (QED) is 0.643. The molecule has 0 spiro atoms. The second-order valence-electron chi connectivity index (χ2n) is 4.81. The molecule has 1 fully saturated rings. The summed E-state index contributed by atoms with van der Waals surface area (Å²) in [5.41, 5.74) is 5.91. The van der Waals surface area contributed by atoms with Crippen molar-refractivity contribution in [1.29, 1.82) is 0 Å². The molecule has 94 valence electrons. The number of aromatic nitrogens is 2. The van der Waals surface area contributed by atoms with E-state index in [2.05, 4.69) is 16.7 Å². The van der Waals surface area contributed by atoms with Crippen LogP contribution in [0, 0.1) is 0 Å². The summed E-state index contributed by atoms with van der Waals surface area (Å²) in [5.74, 6) is 1.86. The molecule has 0 radical (unpaired) electrons. The van der Waals surface area contributed by atoms with Crippen molar-refractivity contribution in [1.82, 2.24) is 10.1 Å². The normalized spacial score (nSPS) is 19.8. The van der Waals surface area contributed by atoms with E-state index in [0.717, 1.165) is 5.82 Å². The smallest absolute Gasteiger partial charge is 0.243 e. The van der Waals surface area contributed by atoms with Crippen LogP contribution in [0.3, 0.4) is 0 Å². The van der Waals surface area contributed by atoms with E-state index >= 15 is 0 Å². The first-order valence-electron chi connectivity index (χ1n) is 6.51. The van der Waals surface area contributed by atoms with Gasteiger partial charge in [-0.3, -0.25) is 0 Å². The molecule has 1 aliphatic rings. The third-order valence-corrected chi connectivity index (χ3v) is 3.42. The summed E-state index contributed by atoms with van der Waals surface area (Å²) >= 11 is 0. The van der Waals surface area contributed by atoms with E-state index in [4.69, 9.17) is 10.3 Å². The molecule has 0 aliphatic heterocycles. The lowest BCUT2D eigenvalue weighted by Crippen LogP contribution is -2.09. The van der Waals surface area contributed by atoms with E-state index < -0.39 is 0 Å². The Kier molecular flexibility index (Phi) is 4.31. The number of nitrogens with zero attached hydrogens (tertiary/aromatic N) is 2. The molecule has 1 unspecified atom stereocenters. The maximum atomic E-state index is 5.91. The minimum Gasteiger partial charge on any atom is -0.338 e. The first kappa shape index (κ1) is 12.3. The van der Waals surface area contributed by atoms with Gasteiger partial charge in [-0.15, -0.1) is 6.58 Å². The zero-order valence-corrected chi connectivity index (χ0v) is 10.3. The molecule has 0 aromatic carbocycles. The summed E-state index contributed by atoms with van der Waals surface area (Å²) < 4.78 is 5.24. The van der Waals surface area contributed by atoms with Gasteiger partial charge in [0.05, 0.1) is 6.04 Å². The Labute approximate surface area is 102 Å². The Hall–Kier alpha value is -1.16. The topological polar surface area (TPSA) is 64.9 Å². The van der Waals surface area contributed by atoms with Gasteiger partial charge in [0.15, 0.2) is 5.82 Å². The van der Waals surface area contributed by atoms with Crippen LogP contribution in [0.2, 0.25) is 0 Å². The Bertz CT molecular complexity index is 353. The van der Waals surface area contributed by atoms with Gasteiger partial charge >= 0.3 is 0 Å². The van der Waals surface area contributed by atoms with Crippen molar-refractivity contribution in [2.45, 2.75) is 56.9 Å². The van der Waals surface area contributed by atoms with Crippen molar-refractivity contribution in [3.8, 4) is 0 Å². The summed E-state index contributed by atoms with van der Waals surface area (Å²) in [6.07, 6.45) is 10.0. The van der Waals surface area contributed by atoms with E-state index in [1.165, 1.54) is 38.5 Å². The van der Waals surface area contributed by atoms with E-state index in [-0.39, 0.29) is 6.04 Å². The molecule has 1 aromatic rings. The fraction of sp³-hybridized carbons (Fsp3) is 0.692. The molecule has 1 aromatic heterocycles. The second kappa shape index (κ2) is 5.96. The third kappa shape index (κ3) is 3.16. The van der Waals surface area contributed by atoms with Gasteiger partial charge in [0, 0.05) is 5.92 Å². The van der Waals surface area contributed by atoms with Crippen molar-refractivity contribution in [3.63, 3.8) is 0 Å². The van der Waals surface area contributed by atoms with Crippen LogP contribution in [0.4, 0.5) is 0 Å². The monoisotopic (exact) mass is 235 g/mol. The lowest BCUT2D eigenvalue weighted by Gasteiger charge is -2.07. The number of nitrogens with two attached hydrogens (primary N) is 1. The summed E-state index contributed by atoms with van der Waals surface area (Å²) in [6, 6.07) is -0.209. The number of hydrogen-bond donors (Lipinski definition) is 1. The minimum atomic E-state index is -0.209. The lowest BCUT2D eigenvalue weighted by molar-refractivity contribution is 0.347. The summed E-state index contributed by atoms with van der Waals surface area (Å²) in [7, 11) is 0. The SMILES string of the molecule is C=CCC(N)c1nc(C2CCCCCC2)no1. The van der Waals surface area contributed by atoms with Crippen LogP contribution in [0.5, 0.6) is 0 Å². The van der Waals surface area contributed by atoms with Crippen molar-refractivity contribution in [3.05, 3.63) is 24.4 Å². The molecule has 2 rings (SSSR count). The number of hydrogen-bond acceptors (Lipinski definition) is 4. The highest BCUT2D eigenvalue weighted by Gasteiger charge is 2.21. The Morgan fingerprint density at radius 2 is 2.06 bits per heavy atom. The van der Waals surface area contributed by atoms with Gasteiger partial charge in [-0.05, 0) is 19.3 Å². The molecule has 4 heteroatoms. The molecular formula is C13H21N3O. The molecule has 2 N–H and O–H groups in total. The molecule has 0 saturated heterocycles. The fourth-order valence-corrected chi connectivity index (χ4v) is 2.38. The van der Waals surface area contributed by atoms with Crippen LogP contribution >= 0.6 is 0 Å². The first-order valence-corrected chi connectivity index (χ1v) is 6.51. The molecule has 17 heavy (non-hydrogen) atoms. The largest absolute Gasteiger partial charge is 0.338 e. The van der Waals surface area contributed by atoms with Crippen LogP contribution in [0.1, 0.15) is 68.6 Å². The summed E-state index contributed by atoms with van der Waals surface area (Å²) in [4.78, 5) is 4.44. The molecule has 1 atom stereocenters. The van der Waals surface area contributed by atoms with Crippen LogP contribution in [-0.4, -0.2) is 10.1 Å². The fourth-order valence-electron chi connectivity index (χ4n) is 2.38. The van der Waals surface area contributed by atoms with Gasteiger partial charge in [0.1, 0.15) is 0 Å². The minimum absolute atomic E-state index is 0.209. The van der Waals surface area contributed by atoms with Gasteiger partial charge in [-0.2, -0.15) is 4.98 Å². The second-order valence-corrected chi connectivity index (χ2v) is 4.81. The number of rotatable bonds is 4. The van der Waals surface area contributed by atoms with Crippen molar-refractivity contribution in [2.75, 3.05) is 0 Å². The zero-order chi connectivity index (χ0) is 12.1. The highest BCUT2D eigenvalue weighted by molar-refractivity contribution is 4.99. The zero-order valence-electron chi connectivity index (χ0n) is 10.3. The van der Waals surface area contributed by atoms with Gasteiger partial charge in [-0.25, -0.2) is 0 Å². The third-order valence-electron chi connectivity index (χ3n) is 3.42. The summed E-state index contributed by atoms with van der Waals surface area (Å²) in [6.45, 7) is 3.67. The highest BCUT2D eigenvalue weighted by Crippen LogP contribution is 2.30. The average Bonchev–Trinajstić information content (AvgIpc) is 2.66. The molecule has 1 saturated carbocycles. The maximum Gasteiger partial charge on any atom is 0.243 e. The van der Waals surface area contributed by atoms with Gasteiger partial charge in [0.25, 0.3) is 0 Å². The van der Waals surface area contributed by atoms with Crippen molar-refractivity contribution >= 4 is 0 Å². The Balaban J connectivity index is 2.03. The highest BCUT2D eigenvalue weighted by atomic mass is 16.5. The van der Waals surface area contributed by atoms with E-state index in [9.17, 15) is 0 Å². The maximum absolute atomic E-state index is 5.91. The average molecular weight is 235 g/mol. The molecule has 0 amide bonds. The van der Waals surface area contributed by atoms with Crippen LogP contribution in [0.25, 0.3) is 0 Å². The predicted molar refractivity (Wildman–Crippen MR) is 66.5 cm³/mol. The molecule has 4 nitrogen and oxygen atoms in total. The van der Waals surface area contributed by atoms with Crippen molar-refractivity contribution in [2.24, 2.45) is 5.73 Å². The molecule has 1 heterocycles. The molecular weight excluding hydrogens is 214 g/mol.